The smallest absolute Gasteiger partial charge is 0.383 e. The summed E-state index contributed by atoms with van der Waals surface area (Å²) in [6, 6.07) is 4.02. The van der Waals surface area contributed by atoms with E-state index in [1.165, 1.54) is 30.6 Å². The number of carbonyl (C=O) groups is 1. The molecule has 3 N–H and O–H groups in total. The second-order valence-corrected chi connectivity index (χ2v) is 5.86. The molecule has 0 spiro atoms. The molecule has 138 valence electrons. The molecule has 0 aliphatic heterocycles. The average molecular weight is 396 g/mol. The van der Waals surface area contributed by atoms with E-state index in [1.807, 2.05) is 0 Å². The van der Waals surface area contributed by atoms with Gasteiger partial charge in [-0.25, -0.2) is 4.98 Å². The maximum absolute atomic E-state index is 12.5. The zero-order chi connectivity index (χ0) is 17.7. The van der Waals surface area contributed by atoms with Gasteiger partial charge >= 0.3 is 6.18 Å². The van der Waals surface area contributed by atoms with Crippen LogP contribution in [-0.2, 0) is 22.3 Å². The maximum Gasteiger partial charge on any atom is 0.416 e. The number of hydrogen-bond donors (Lipinski definition) is 2. The van der Waals surface area contributed by atoms with Crippen LogP contribution in [0.2, 0.25) is 0 Å². The topological polar surface area (TPSA) is 77.2 Å². The Labute approximate surface area is 152 Å². The van der Waals surface area contributed by atoms with Crippen LogP contribution in [0.15, 0.2) is 29.6 Å². The molecule has 0 saturated heterocycles. The number of carbonyl (C=O) groups excluding carboxylic acids is 1. The highest BCUT2D eigenvalue weighted by Crippen LogP contribution is 2.31. The molecule has 10 heteroatoms. The Morgan fingerprint density at radius 2 is 2.00 bits per heavy atom. The first-order chi connectivity index (χ1) is 11.3. The van der Waals surface area contributed by atoms with Crippen molar-refractivity contribution in [1.82, 2.24) is 10.3 Å². The van der Waals surface area contributed by atoms with E-state index in [4.69, 9.17) is 10.5 Å². The molecule has 1 unspecified atom stereocenters. The van der Waals surface area contributed by atoms with Gasteiger partial charge < -0.3 is 15.8 Å². The third-order valence-electron chi connectivity index (χ3n) is 3.14. The van der Waals surface area contributed by atoms with Crippen molar-refractivity contribution in [3.05, 3.63) is 40.9 Å². The van der Waals surface area contributed by atoms with Gasteiger partial charge in [-0.05, 0) is 12.1 Å². The molecule has 1 aromatic heterocycles. The quantitative estimate of drug-likeness (QED) is 0.788. The monoisotopic (exact) mass is 395 g/mol. The summed E-state index contributed by atoms with van der Waals surface area (Å²) in [5, 5.41) is 4.94. The Morgan fingerprint density at radius 1 is 1.36 bits per heavy atom. The number of benzene rings is 1. The van der Waals surface area contributed by atoms with E-state index < -0.39 is 17.8 Å². The van der Waals surface area contributed by atoms with Crippen LogP contribution in [-0.4, -0.2) is 30.6 Å². The summed E-state index contributed by atoms with van der Waals surface area (Å²) in [5.74, 6) is -0.360. The van der Waals surface area contributed by atoms with E-state index in [2.05, 4.69) is 10.3 Å². The van der Waals surface area contributed by atoms with Crippen LogP contribution in [0, 0.1) is 0 Å². The number of amides is 1. The van der Waals surface area contributed by atoms with Gasteiger partial charge in [0.15, 0.2) is 0 Å². The van der Waals surface area contributed by atoms with Crippen LogP contribution in [0.5, 0.6) is 0 Å². The number of nitrogens with two attached hydrogens (primary N) is 1. The van der Waals surface area contributed by atoms with Gasteiger partial charge in [0.2, 0.25) is 5.91 Å². The summed E-state index contributed by atoms with van der Waals surface area (Å²) in [6.07, 6.45) is -4.36. The van der Waals surface area contributed by atoms with Crippen LogP contribution in [0.25, 0.3) is 10.6 Å². The Kier molecular flexibility index (Phi) is 7.81. The summed E-state index contributed by atoms with van der Waals surface area (Å²) < 4.78 is 42.4. The van der Waals surface area contributed by atoms with Crippen molar-refractivity contribution in [1.29, 1.82) is 0 Å². The molecule has 0 fully saturated rings. The van der Waals surface area contributed by atoms with Gasteiger partial charge in [-0.3, -0.25) is 4.79 Å². The molecule has 0 aliphatic rings. The van der Waals surface area contributed by atoms with Gasteiger partial charge in [0.05, 0.1) is 24.4 Å². The van der Waals surface area contributed by atoms with Gasteiger partial charge in [0, 0.05) is 18.1 Å². The average Bonchev–Trinajstić information content (AvgIpc) is 3.01. The van der Waals surface area contributed by atoms with Gasteiger partial charge in [-0.1, -0.05) is 12.1 Å². The standard InChI is InChI=1S/C15H16F3N3O2S.ClH/c1-23-7-12(19)13(22)20-6-11-8-24-14(21-11)9-2-4-10(5-3-9)15(16,17)18;/h2-5,8,12H,6-7,19H2,1H3,(H,20,22);1H. The van der Waals surface area contributed by atoms with Gasteiger partial charge in [-0.15, -0.1) is 23.7 Å². The second kappa shape index (κ2) is 9.14. The van der Waals surface area contributed by atoms with Crippen LogP contribution >= 0.6 is 23.7 Å². The Balaban J connectivity index is 0.00000312. The summed E-state index contributed by atoms with van der Waals surface area (Å²) in [4.78, 5) is 16.0. The van der Waals surface area contributed by atoms with Gasteiger partial charge in [-0.2, -0.15) is 13.2 Å². The molecule has 25 heavy (non-hydrogen) atoms. The lowest BCUT2D eigenvalue weighted by atomic mass is 10.1. The molecule has 0 radical (unpaired) electrons. The van der Waals surface area contributed by atoms with Crippen LogP contribution < -0.4 is 11.1 Å². The highest BCUT2D eigenvalue weighted by molar-refractivity contribution is 7.13. The van der Waals surface area contributed by atoms with E-state index in [0.717, 1.165) is 12.1 Å². The van der Waals surface area contributed by atoms with E-state index in [1.54, 1.807) is 5.38 Å². The Hall–Kier alpha value is -1.68. The number of thiazole rings is 1. The van der Waals surface area contributed by atoms with E-state index in [9.17, 15) is 18.0 Å². The van der Waals surface area contributed by atoms with Gasteiger partial charge in [0.25, 0.3) is 0 Å². The third kappa shape index (κ3) is 5.96. The predicted octanol–water partition coefficient (Wildman–Crippen LogP) is 2.84. The lowest BCUT2D eigenvalue weighted by molar-refractivity contribution is -0.137. The number of nitrogens with one attached hydrogen (secondary N) is 1. The van der Waals surface area contributed by atoms with Crippen molar-refractivity contribution >= 4 is 29.7 Å². The van der Waals surface area contributed by atoms with Crippen LogP contribution in [0.1, 0.15) is 11.3 Å². The number of hydrogen-bond acceptors (Lipinski definition) is 5. The largest absolute Gasteiger partial charge is 0.416 e. The summed E-state index contributed by atoms with van der Waals surface area (Å²) in [7, 11) is 1.45. The number of rotatable bonds is 6. The summed E-state index contributed by atoms with van der Waals surface area (Å²) in [6.45, 7) is 0.299. The molecule has 0 aliphatic carbocycles. The fourth-order valence-electron chi connectivity index (χ4n) is 1.89. The number of aromatic nitrogens is 1. The molecule has 1 aromatic carbocycles. The second-order valence-electron chi connectivity index (χ2n) is 5.00. The fraction of sp³-hybridized carbons (Fsp3) is 0.333. The number of alkyl halides is 3. The van der Waals surface area contributed by atoms with Crippen LogP contribution in [0.3, 0.4) is 0 Å². The summed E-state index contributed by atoms with van der Waals surface area (Å²) >= 11 is 1.29. The molecule has 1 atom stereocenters. The Morgan fingerprint density at radius 3 is 2.56 bits per heavy atom. The molecule has 0 bridgehead atoms. The molecule has 1 heterocycles. The molecular weight excluding hydrogens is 379 g/mol. The van der Waals surface area contributed by atoms with E-state index >= 15 is 0 Å². The summed E-state index contributed by atoms with van der Waals surface area (Å²) in [5.41, 5.74) is 6.07. The van der Waals surface area contributed by atoms with Crippen molar-refractivity contribution in [2.75, 3.05) is 13.7 Å². The highest BCUT2D eigenvalue weighted by Gasteiger charge is 2.30. The zero-order valence-corrected chi connectivity index (χ0v) is 14.8. The minimum absolute atomic E-state index is 0. The molecule has 2 rings (SSSR count). The van der Waals surface area contributed by atoms with Crippen molar-refractivity contribution in [3.63, 3.8) is 0 Å². The van der Waals surface area contributed by atoms with Crippen molar-refractivity contribution in [3.8, 4) is 10.6 Å². The molecule has 5 nitrogen and oxygen atoms in total. The first-order valence-electron chi connectivity index (χ1n) is 6.95. The fourth-order valence-corrected chi connectivity index (χ4v) is 2.71. The SMILES string of the molecule is COCC(N)C(=O)NCc1csc(-c2ccc(C(F)(F)F)cc2)n1.Cl. The predicted molar refractivity (Wildman–Crippen MR) is 91.5 cm³/mol. The van der Waals surface area contributed by atoms with Crippen LogP contribution in [0.4, 0.5) is 13.2 Å². The van der Waals surface area contributed by atoms with Gasteiger partial charge in [0.1, 0.15) is 11.0 Å². The Bertz CT molecular complexity index is 692. The molecular formula is C15H17ClF3N3O2S. The van der Waals surface area contributed by atoms with Crippen molar-refractivity contribution in [2.24, 2.45) is 5.73 Å². The number of methoxy groups -OCH3 is 1. The molecule has 1 amide bonds. The third-order valence-corrected chi connectivity index (χ3v) is 4.08. The first-order valence-corrected chi connectivity index (χ1v) is 7.83. The lowest BCUT2D eigenvalue weighted by Crippen LogP contribution is -2.43. The van der Waals surface area contributed by atoms with Crippen molar-refractivity contribution in [2.45, 2.75) is 18.8 Å². The lowest BCUT2D eigenvalue weighted by Gasteiger charge is -2.10. The minimum atomic E-state index is -4.36. The zero-order valence-electron chi connectivity index (χ0n) is 13.2. The molecule has 0 saturated carbocycles. The normalized spacial score (nSPS) is 12.4. The maximum atomic E-state index is 12.5. The number of nitrogens with zero attached hydrogens (tertiary/aromatic N) is 1. The van der Waals surface area contributed by atoms with Crippen molar-refractivity contribution < 1.29 is 22.7 Å². The van der Waals surface area contributed by atoms with E-state index in [-0.39, 0.29) is 31.5 Å². The number of ether oxygens (including phenoxy) is 1. The molecule has 2 aromatic rings. The highest BCUT2D eigenvalue weighted by atomic mass is 35.5. The minimum Gasteiger partial charge on any atom is -0.383 e. The number of halogens is 4. The first kappa shape index (κ1) is 21.4. The van der Waals surface area contributed by atoms with E-state index in [0.29, 0.717) is 16.3 Å².